The maximum Gasteiger partial charge on any atom is 0.262 e. The molecule has 2 N–H and O–H groups in total. The fraction of sp³-hybridized carbons (Fsp3) is 0.375. The van der Waals surface area contributed by atoms with Gasteiger partial charge in [0.15, 0.2) is 5.75 Å². The third-order valence-electron chi connectivity index (χ3n) is 7.98. The third kappa shape index (κ3) is 9.11. The SMILES string of the molecule is O=C(NCC(=O)N1CCN(CCN2CCCCC2)CC1)c1ccc(S(=O)(=O)Nc2ccccc2Oc2ccc(Cl)cc2Cl)cc1. The Morgan fingerprint density at radius 3 is 2.13 bits per heavy atom. The molecular weight excluding hydrogens is 637 g/mol. The number of carbonyl (C=O) groups excluding carboxylic acids is 2. The molecule has 0 atom stereocenters. The monoisotopic (exact) mass is 673 g/mol. The molecule has 0 radical (unpaired) electrons. The van der Waals surface area contributed by atoms with Gasteiger partial charge < -0.3 is 19.9 Å². The highest BCUT2D eigenvalue weighted by atomic mass is 35.5. The summed E-state index contributed by atoms with van der Waals surface area (Å²) >= 11 is 12.2. The molecule has 0 aliphatic carbocycles. The fourth-order valence-corrected chi connectivity index (χ4v) is 6.88. The summed E-state index contributed by atoms with van der Waals surface area (Å²) < 4.78 is 34.7. The van der Waals surface area contributed by atoms with Gasteiger partial charge in [0.05, 0.1) is 22.2 Å². The lowest BCUT2D eigenvalue weighted by atomic mass is 10.1. The highest BCUT2D eigenvalue weighted by Gasteiger charge is 2.23. The second kappa shape index (κ2) is 15.3. The van der Waals surface area contributed by atoms with Crippen molar-refractivity contribution in [2.45, 2.75) is 24.2 Å². The molecule has 2 saturated heterocycles. The number of carbonyl (C=O) groups is 2. The molecule has 0 saturated carbocycles. The largest absolute Gasteiger partial charge is 0.454 e. The van der Waals surface area contributed by atoms with Crippen molar-refractivity contribution in [1.82, 2.24) is 20.0 Å². The van der Waals surface area contributed by atoms with E-state index < -0.39 is 15.9 Å². The van der Waals surface area contributed by atoms with Crippen molar-refractivity contribution in [3.8, 4) is 11.5 Å². The number of anilines is 1. The van der Waals surface area contributed by atoms with Crippen LogP contribution >= 0.6 is 23.2 Å². The molecule has 0 spiro atoms. The van der Waals surface area contributed by atoms with Gasteiger partial charge in [0.1, 0.15) is 5.75 Å². The second-order valence-electron chi connectivity index (χ2n) is 11.1. The number of hydrogen-bond donors (Lipinski definition) is 2. The van der Waals surface area contributed by atoms with Crippen molar-refractivity contribution >= 4 is 50.7 Å². The molecule has 2 amide bonds. The standard InChI is InChI=1S/C32H37Cl2N5O5S/c33-25-10-13-29(27(34)22-25)44-30-7-3-2-6-28(30)36-45(42,43)26-11-8-24(9-12-26)32(41)35-23-31(40)39-20-18-38(19-21-39)17-16-37-14-4-1-5-15-37/h2-3,6-13,22,36H,1,4-5,14-21,23H2,(H,35,41). The van der Waals surface area contributed by atoms with Gasteiger partial charge >= 0.3 is 0 Å². The van der Waals surface area contributed by atoms with Crippen LogP contribution in [0.15, 0.2) is 71.6 Å². The molecule has 0 aromatic heterocycles. The Morgan fingerprint density at radius 1 is 0.778 bits per heavy atom. The number of benzene rings is 3. The van der Waals surface area contributed by atoms with E-state index in [1.165, 1.54) is 62.7 Å². The molecule has 5 rings (SSSR count). The van der Waals surface area contributed by atoms with Gasteiger partial charge in [-0.05, 0) is 80.5 Å². The molecule has 240 valence electrons. The van der Waals surface area contributed by atoms with Crippen LogP contribution in [0.3, 0.4) is 0 Å². The number of nitrogens with one attached hydrogen (secondary N) is 2. The normalized spacial score (nSPS) is 16.3. The topological polar surface area (TPSA) is 111 Å². The number of para-hydroxylation sites is 2. The molecule has 2 aliphatic rings. The van der Waals surface area contributed by atoms with Crippen LogP contribution in [-0.4, -0.2) is 93.8 Å². The quantitative estimate of drug-likeness (QED) is 0.296. The van der Waals surface area contributed by atoms with E-state index in [-0.39, 0.29) is 39.4 Å². The molecule has 3 aromatic rings. The molecule has 2 fully saturated rings. The van der Waals surface area contributed by atoms with Gasteiger partial charge in [-0.15, -0.1) is 0 Å². The number of hydrogen-bond acceptors (Lipinski definition) is 7. The number of sulfonamides is 1. The molecule has 13 heteroatoms. The number of likely N-dealkylation sites (tertiary alicyclic amines) is 1. The maximum absolute atomic E-state index is 13.2. The summed E-state index contributed by atoms with van der Waals surface area (Å²) in [6.07, 6.45) is 3.89. The number of amides is 2. The van der Waals surface area contributed by atoms with Crippen LogP contribution in [0.1, 0.15) is 29.6 Å². The maximum atomic E-state index is 13.2. The van der Waals surface area contributed by atoms with Crippen LogP contribution in [-0.2, 0) is 14.8 Å². The Hall–Kier alpha value is -3.35. The predicted octanol–water partition coefficient (Wildman–Crippen LogP) is 4.95. The van der Waals surface area contributed by atoms with E-state index in [0.29, 0.717) is 23.9 Å². The lowest BCUT2D eigenvalue weighted by molar-refractivity contribution is -0.131. The van der Waals surface area contributed by atoms with E-state index in [1.54, 1.807) is 41.3 Å². The number of nitrogens with zero attached hydrogens (tertiary/aromatic N) is 3. The van der Waals surface area contributed by atoms with Crippen LogP contribution < -0.4 is 14.8 Å². The first-order chi connectivity index (χ1) is 21.7. The van der Waals surface area contributed by atoms with Crippen LogP contribution in [0.5, 0.6) is 11.5 Å². The number of ether oxygens (including phenoxy) is 1. The summed E-state index contributed by atoms with van der Waals surface area (Å²) in [4.78, 5) is 32.1. The lowest BCUT2D eigenvalue weighted by Gasteiger charge is -2.36. The van der Waals surface area contributed by atoms with Gasteiger partial charge in [0.2, 0.25) is 5.91 Å². The second-order valence-corrected chi connectivity index (χ2v) is 13.6. The smallest absolute Gasteiger partial charge is 0.262 e. The van der Waals surface area contributed by atoms with Gasteiger partial charge in [-0.1, -0.05) is 41.8 Å². The molecule has 10 nitrogen and oxygen atoms in total. The zero-order valence-electron chi connectivity index (χ0n) is 24.9. The highest BCUT2D eigenvalue weighted by molar-refractivity contribution is 7.92. The van der Waals surface area contributed by atoms with Gasteiger partial charge in [0, 0.05) is 49.9 Å². The number of piperazine rings is 1. The predicted molar refractivity (Wildman–Crippen MR) is 176 cm³/mol. The van der Waals surface area contributed by atoms with E-state index in [1.807, 2.05) is 0 Å². The molecule has 0 unspecified atom stereocenters. The van der Waals surface area contributed by atoms with E-state index in [9.17, 15) is 18.0 Å². The molecule has 2 heterocycles. The minimum atomic E-state index is -4.03. The average Bonchev–Trinajstić information content (AvgIpc) is 3.05. The molecule has 3 aromatic carbocycles. The zero-order valence-corrected chi connectivity index (χ0v) is 27.2. The van der Waals surface area contributed by atoms with E-state index in [2.05, 4.69) is 19.8 Å². The van der Waals surface area contributed by atoms with Gasteiger partial charge in [-0.3, -0.25) is 19.2 Å². The first-order valence-electron chi connectivity index (χ1n) is 15.0. The van der Waals surface area contributed by atoms with Crippen molar-refractivity contribution in [1.29, 1.82) is 0 Å². The Morgan fingerprint density at radius 2 is 1.44 bits per heavy atom. The minimum absolute atomic E-state index is 0.0485. The van der Waals surface area contributed by atoms with Crippen molar-refractivity contribution in [2.75, 3.05) is 63.6 Å². The zero-order chi connectivity index (χ0) is 31.8. The average molecular weight is 675 g/mol. The summed E-state index contributed by atoms with van der Waals surface area (Å²) in [6.45, 7) is 7.23. The Bertz CT molecular complexity index is 1590. The highest BCUT2D eigenvalue weighted by Crippen LogP contribution is 2.35. The molecule has 2 aliphatic heterocycles. The summed E-state index contributed by atoms with van der Waals surface area (Å²) in [7, 11) is -4.03. The minimum Gasteiger partial charge on any atom is -0.454 e. The van der Waals surface area contributed by atoms with Crippen molar-refractivity contribution < 1.29 is 22.7 Å². The van der Waals surface area contributed by atoms with Crippen LogP contribution in [0, 0.1) is 0 Å². The van der Waals surface area contributed by atoms with Crippen LogP contribution in [0.25, 0.3) is 0 Å². The Kier molecular flexibility index (Phi) is 11.2. The lowest BCUT2D eigenvalue weighted by Crippen LogP contribution is -2.52. The number of halogens is 2. The van der Waals surface area contributed by atoms with Crippen LogP contribution in [0.4, 0.5) is 5.69 Å². The van der Waals surface area contributed by atoms with Crippen molar-refractivity contribution in [2.24, 2.45) is 0 Å². The summed E-state index contributed by atoms with van der Waals surface area (Å²) in [6, 6.07) is 16.7. The molecule has 45 heavy (non-hydrogen) atoms. The van der Waals surface area contributed by atoms with Crippen LogP contribution in [0.2, 0.25) is 10.0 Å². The summed E-state index contributed by atoms with van der Waals surface area (Å²) in [5.41, 5.74) is 0.442. The number of piperidine rings is 1. The first kappa shape index (κ1) is 33.0. The summed E-state index contributed by atoms with van der Waals surface area (Å²) in [5.74, 6) is -0.0425. The van der Waals surface area contributed by atoms with E-state index in [4.69, 9.17) is 27.9 Å². The molecule has 0 bridgehead atoms. The van der Waals surface area contributed by atoms with E-state index >= 15 is 0 Å². The number of rotatable bonds is 11. The third-order valence-corrected chi connectivity index (χ3v) is 9.89. The Labute approximate surface area is 274 Å². The summed E-state index contributed by atoms with van der Waals surface area (Å²) in [5, 5.41) is 3.38. The fourth-order valence-electron chi connectivity index (χ4n) is 5.36. The molecular formula is C32H37Cl2N5O5S. The Balaban J connectivity index is 1.10. The van der Waals surface area contributed by atoms with Gasteiger partial charge in [0.25, 0.3) is 15.9 Å². The van der Waals surface area contributed by atoms with Crippen molar-refractivity contribution in [3.05, 3.63) is 82.3 Å². The van der Waals surface area contributed by atoms with Crippen molar-refractivity contribution in [3.63, 3.8) is 0 Å². The van der Waals surface area contributed by atoms with Gasteiger partial charge in [-0.25, -0.2) is 8.42 Å². The van der Waals surface area contributed by atoms with E-state index in [0.717, 1.165) is 26.2 Å². The van der Waals surface area contributed by atoms with Gasteiger partial charge in [-0.2, -0.15) is 0 Å². The first-order valence-corrected chi connectivity index (χ1v) is 17.3.